The summed E-state index contributed by atoms with van der Waals surface area (Å²) in [5.41, 5.74) is 0. The van der Waals surface area contributed by atoms with E-state index in [1.807, 2.05) is 30.3 Å². The molecule has 0 radical (unpaired) electrons. The number of benzene rings is 3. The second kappa shape index (κ2) is 9.35. The first-order valence-electron chi connectivity index (χ1n) is 7.42. The molecular weight excluding hydrogens is 406 g/mol. The molecule has 8 heteroatoms. The van der Waals surface area contributed by atoms with Crippen LogP contribution in [0.2, 0.25) is 10.0 Å². The molecule has 0 spiro atoms. The van der Waals surface area contributed by atoms with E-state index in [1.54, 1.807) is 0 Å². The topological polar surface area (TPSA) is 0 Å². The van der Waals surface area contributed by atoms with E-state index in [0.29, 0.717) is 0 Å². The third kappa shape index (κ3) is 6.94. The Bertz CT molecular complexity index is 758. The first kappa shape index (κ1) is 20.7. The van der Waals surface area contributed by atoms with Gasteiger partial charge in [-0.05, 0) is 60.7 Å². The lowest BCUT2D eigenvalue weighted by atomic mass is 10.3. The smallest absolute Gasteiger partial charge is 0.418 e. The van der Waals surface area contributed by atoms with Crippen LogP contribution in [0, 0.1) is 0 Å². The van der Waals surface area contributed by atoms with Gasteiger partial charge in [0.05, 0.1) is 10.9 Å². The fourth-order valence-corrected chi connectivity index (χ4v) is 4.42. The van der Waals surface area contributed by atoms with E-state index in [2.05, 4.69) is 48.5 Å². The average Bonchev–Trinajstić information content (AvgIpc) is 2.58. The molecule has 0 amide bonds. The lowest BCUT2D eigenvalue weighted by Gasteiger charge is -2.08. The van der Waals surface area contributed by atoms with E-state index >= 15 is 0 Å². The molecule has 0 bridgehead atoms. The van der Waals surface area contributed by atoms with Crippen LogP contribution < -0.4 is 0 Å². The predicted octanol–water partition coefficient (Wildman–Crippen LogP) is 7.39. The summed E-state index contributed by atoms with van der Waals surface area (Å²) in [6.07, 6.45) is 0. The molecule has 0 nitrogen and oxygen atoms in total. The van der Waals surface area contributed by atoms with Crippen molar-refractivity contribution < 1.29 is 17.3 Å². The second-order valence-corrected chi connectivity index (χ2v) is 7.92. The van der Waals surface area contributed by atoms with Crippen LogP contribution in [0.1, 0.15) is 0 Å². The lowest BCUT2D eigenvalue weighted by molar-refractivity contribution is 0.368. The Morgan fingerprint density at radius 3 is 1.19 bits per heavy atom. The molecule has 0 fully saturated rings. The van der Waals surface area contributed by atoms with Crippen LogP contribution in [0.3, 0.4) is 0 Å². The quantitative estimate of drug-likeness (QED) is 0.236. The fourth-order valence-electron chi connectivity index (χ4n) is 2.11. The van der Waals surface area contributed by atoms with Gasteiger partial charge in [0.25, 0.3) is 0 Å². The van der Waals surface area contributed by atoms with Crippen LogP contribution in [0.5, 0.6) is 0 Å². The fraction of sp³-hybridized carbons (Fsp3) is 0. The molecule has 26 heavy (non-hydrogen) atoms. The molecule has 0 saturated carbocycles. The van der Waals surface area contributed by atoms with Gasteiger partial charge < -0.3 is 17.3 Å². The molecule has 0 aliphatic heterocycles. The maximum Gasteiger partial charge on any atom is 0.673 e. The molecule has 0 atom stereocenters. The van der Waals surface area contributed by atoms with Gasteiger partial charge in [0.15, 0.2) is 14.7 Å². The first-order chi connectivity index (χ1) is 12.2. The molecule has 0 aliphatic rings. The highest BCUT2D eigenvalue weighted by Gasteiger charge is 2.28. The maximum atomic E-state index is 9.75. The lowest BCUT2D eigenvalue weighted by Crippen LogP contribution is -2.04. The van der Waals surface area contributed by atoms with E-state index in [4.69, 9.17) is 23.2 Å². The summed E-state index contributed by atoms with van der Waals surface area (Å²) < 4.78 is 39.0. The van der Waals surface area contributed by atoms with E-state index < -0.39 is 7.25 Å². The van der Waals surface area contributed by atoms with Crippen molar-refractivity contribution in [3.8, 4) is 0 Å². The standard InChI is InChI=1S/C18H13Cl2S.BF4/c19-14-6-10-17(11-7-14)21(16-4-2-1-3-5-16)18-12-8-15(20)9-13-18;2-1(3,4)5/h1-13H;/q+1;-1. The van der Waals surface area contributed by atoms with Crippen molar-refractivity contribution in [2.75, 3.05) is 0 Å². The Hall–Kier alpha value is -1.63. The SMILES string of the molecule is Clc1ccc([S+](c2ccccc2)c2ccc(Cl)cc2)cc1.F[B-](F)(F)F. The highest BCUT2D eigenvalue weighted by Crippen LogP contribution is 2.32. The Labute approximate surface area is 162 Å². The number of hydrogen-bond donors (Lipinski definition) is 0. The van der Waals surface area contributed by atoms with Gasteiger partial charge in [0, 0.05) is 10.0 Å². The zero-order chi connectivity index (χ0) is 19.2. The minimum absolute atomic E-state index is 0.148. The normalized spacial score (nSPS) is 11.0. The minimum atomic E-state index is -6.00. The first-order valence-corrected chi connectivity index (χ1v) is 9.40. The zero-order valence-corrected chi connectivity index (χ0v) is 15.6. The third-order valence-electron chi connectivity index (χ3n) is 3.08. The summed E-state index contributed by atoms with van der Waals surface area (Å²) in [7, 11) is -6.15. The van der Waals surface area contributed by atoms with Gasteiger partial charge in [-0.3, -0.25) is 0 Å². The predicted molar refractivity (Wildman–Crippen MR) is 102 cm³/mol. The summed E-state index contributed by atoms with van der Waals surface area (Å²) in [5, 5.41) is 1.51. The molecular formula is C18H13BCl2F4S. The monoisotopic (exact) mass is 418 g/mol. The number of hydrogen-bond acceptors (Lipinski definition) is 0. The van der Waals surface area contributed by atoms with Crippen molar-refractivity contribution in [2.45, 2.75) is 14.7 Å². The molecule has 3 aromatic rings. The van der Waals surface area contributed by atoms with Gasteiger partial charge in [-0.25, -0.2) is 0 Å². The molecule has 3 aromatic carbocycles. The Morgan fingerprint density at radius 1 is 0.538 bits per heavy atom. The number of rotatable bonds is 3. The van der Waals surface area contributed by atoms with Crippen molar-refractivity contribution >= 4 is 41.4 Å². The largest absolute Gasteiger partial charge is 0.673 e. The van der Waals surface area contributed by atoms with Crippen LogP contribution >= 0.6 is 23.2 Å². The van der Waals surface area contributed by atoms with Crippen molar-refractivity contribution in [3.05, 3.63) is 88.9 Å². The van der Waals surface area contributed by atoms with Crippen molar-refractivity contribution in [1.29, 1.82) is 0 Å². The molecule has 0 unspecified atom stereocenters. The van der Waals surface area contributed by atoms with Crippen LogP contribution in [0.4, 0.5) is 17.3 Å². The van der Waals surface area contributed by atoms with Gasteiger partial charge >= 0.3 is 7.25 Å². The van der Waals surface area contributed by atoms with Gasteiger partial charge in [0.2, 0.25) is 0 Å². The highest BCUT2D eigenvalue weighted by atomic mass is 35.5. The van der Waals surface area contributed by atoms with Crippen molar-refractivity contribution in [3.63, 3.8) is 0 Å². The van der Waals surface area contributed by atoms with Gasteiger partial charge in [0.1, 0.15) is 0 Å². The second-order valence-electron chi connectivity index (χ2n) is 5.02. The van der Waals surface area contributed by atoms with Crippen molar-refractivity contribution in [2.24, 2.45) is 0 Å². The summed E-state index contributed by atoms with van der Waals surface area (Å²) in [5.74, 6) is 0. The average molecular weight is 419 g/mol. The number of halogens is 6. The summed E-state index contributed by atoms with van der Waals surface area (Å²) >= 11 is 12.0. The molecule has 0 saturated heterocycles. The molecule has 0 aliphatic carbocycles. The van der Waals surface area contributed by atoms with Crippen LogP contribution in [0.15, 0.2) is 93.5 Å². The van der Waals surface area contributed by atoms with Gasteiger partial charge in [-0.15, -0.1) is 0 Å². The Morgan fingerprint density at radius 2 is 0.846 bits per heavy atom. The van der Waals surface area contributed by atoms with E-state index in [0.717, 1.165) is 10.0 Å². The minimum Gasteiger partial charge on any atom is -0.418 e. The van der Waals surface area contributed by atoms with Gasteiger partial charge in [-0.1, -0.05) is 41.4 Å². The van der Waals surface area contributed by atoms with E-state index in [1.165, 1.54) is 14.7 Å². The van der Waals surface area contributed by atoms with E-state index in [9.17, 15) is 17.3 Å². The molecule has 0 N–H and O–H groups in total. The third-order valence-corrected chi connectivity index (χ3v) is 5.81. The maximum absolute atomic E-state index is 9.75. The summed E-state index contributed by atoms with van der Waals surface area (Å²) in [4.78, 5) is 3.77. The summed E-state index contributed by atoms with van der Waals surface area (Å²) in [6, 6.07) is 26.6. The van der Waals surface area contributed by atoms with Gasteiger partial charge in [-0.2, -0.15) is 0 Å². The Balaban J connectivity index is 0.000000431. The molecule has 136 valence electrons. The summed E-state index contributed by atoms with van der Waals surface area (Å²) in [6.45, 7) is 0. The van der Waals surface area contributed by atoms with Crippen LogP contribution in [0.25, 0.3) is 0 Å². The van der Waals surface area contributed by atoms with Crippen LogP contribution in [-0.4, -0.2) is 7.25 Å². The van der Waals surface area contributed by atoms with Crippen molar-refractivity contribution in [1.82, 2.24) is 0 Å². The van der Waals surface area contributed by atoms with E-state index in [-0.39, 0.29) is 10.9 Å². The molecule has 0 aromatic heterocycles. The highest BCUT2D eigenvalue weighted by molar-refractivity contribution is 7.97. The van der Waals surface area contributed by atoms with Crippen LogP contribution in [-0.2, 0) is 10.9 Å². The Kier molecular flexibility index (Phi) is 7.44. The molecule has 3 rings (SSSR count). The zero-order valence-electron chi connectivity index (χ0n) is 13.3. The molecule has 0 heterocycles.